The van der Waals surface area contributed by atoms with E-state index in [4.69, 9.17) is 5.11 Å². The van der Waals surface area contributed by atoms with Gasteiger partial charge in [-0.2, -0.15) is 0 Å². The van der Waals surface area contributed by atoms with Gasteiger partial charge in [0.15, 0.2) is 0 Å². The molecule has 5 nitrogen and oxygen atoms in total. The number of nitrogens with zero attached hydrogens (tertiary/aromatic N) is 1. The molecule has 2 rings (SSSR count). The highest BCUT2D eigenvalue weighted by Gasteiger charge is 2.37. The van der Waals surface area contributed by atoms with Gasteiger partial charge in [0.25, 0.3) is 0 Å². The van der Waals surface area contributed by atoms with E-state index in [0.717, 1.165) is 25.8 Å². The summed E-state index contributed by atoms with van der Waals surface area (Å²) >= 11 is 0. The maximum atomic E-state index is 12.3. The van der Waals surface area contributed by atoms with Gasteiger partial charge in [0.1, 0.15) is 0 Å². The smallest absolute Gasteiger partial charge is 0.305 e. The number of hydrogen-bond donors (Lipinski definition) is 2. The zero-order valence-electron chi connectivity index (χ0n) is 10.2. The van der Waals surface area contributed by atoms with E-state index >= 15 is 0 Å². The van der Waals surface area contributed by atoms with Gasteiger partial charge in [-0.05, 0) is 31.7 Å². The number of carbonyl (C=O) groups is 2. The summed E-state index contributed by atoms with van der Waals surface area (Å²) < 4.78 is 0. The molecule has 0 aromatic heterocycles. The molecule has 0 aromatic rings. The lowest BCUT2D eigenvalue weighted by Gasteiger charge is -2.28. The second kappa shape index (κ2) is 5.04. The van der Waals surface area contributed by atoms with Crippen LogP contribution in [0.2, 0.25) is 0 Å². The highest BCUT2D eigenvalue weighted by molar-refractivity contribution is 5.83. The van der Waals surface area contributed by atoms with Crippen LogP contribution in [0.5, 0.6) is 0 Å². The van der Waals surface area contributed by atoms with Crippen LogP contribution < -0.4 is 5.32 Å². The van der Waals surface area contributed by atoms with E-state index < -0.39 is 5.97 Å². The number of carboxylic acids is 1. The summed E-state index contributed by atoms with van der Waals surface area (Å²) in [5, 5.41) is 12.1. The molecule has 1 amide bonds. The normalized spacial score (nSPS) is 33.0. The molecule has 0 bridgehead atoms. The number of amides is 1. The van der Waals surface area contributed by atoms with Crippen LogP contribution in [0.15, 0.2) is 0 Å². The molecule has 2 aliphatic rings. The molecule has 2 fully saturated rings. The number of nitrogens with one attached hydrogen (secondary N) is 1. The van der Waals surface area contributed by atoms with Crippen molar-refractivity contribution in [2.45, 2.75) is 44.7 Å². The van der Waals surface area contributed by atoms with Gasteiger partial charge in [0.05, 0.1) is 12.5 Å². The first kappa shape index (κ1) is 12.4. The fourth-order valence-electron chi connectivity index (χ4n) is 2.88. The van der Waals surface area contributed by atoms with Gasteiger partial charge in [-0.15, -0.1) is 0 Å². The average Bonchev–Trinajstić information content (AvgIpc) is 2.85. The van der Waals surface area contributed by atoms with Crippen LogP contribution in [0.3, 0.4) is 0 Å². The first-order chi connectivity index (χ1) is 8.09. The van der Waals surface area contributed by atoms with E-state index in [1.165, 1.54) is 0 Å². The molecule has 96 valence electrons. The Morgan fingerprint density at radius 3 is 2.76 bits per heavy atom. The molecule has 0 radical (unpaired) electrons. The van der Waals surface area contributed by atoms with E-state index in [2.05, 4.69) is 12.2 Å². The highest BCUT2D eigenvalue weighted by atomic mass is 16.4. The SMILES string of the molecule is CC1CCNC1C(=O)N1CCCC1CC(=O)O. The van der Waals surface area contributed by atoms with Crippen LogP contribution >= 0.6 is 0 Å². The molecule has 0 spiro atoms. The van der Waals surface area contributed by atoms with Crippen LogP contribution in [0, 0.1) is 5.92 Å². The number of aliphatic carboxylic acids is 1. The number of hydrogen-bond acceptors (Lipinski definition) is 3. The average molecular weight is 240 g/mol. The van der Waals surface area contributed by atoms with Gasteiger partial charge in [0, 0.05) is 12.6 Å². The van der Waals surface area contributed by atoms with Gasteiger partial charge < -0.3 is 15.3 Å². The van der Waals surface area contributed by atoms with Crippen LogP contribution in [0.25, 0.3) is 0 Å². The van der Waals surface area contributed by atoms with Gasteiger partial charge in [-0.3, -0.25) is 9.59 Å². The van der Waals surface area contributed by atoms with Crippen molar-refractivity contribution in [2.24, 2.45) is 5.92 Å². The van der Waals surface area contributed by atoms with Crippen LogP contribution in [-0.4, -0.2) is 47.1 Å². The minimum atomic E-state index is -0.817. The Labute approximate surface area is 101 Å². The van der Waals surface area contributed by atoms with Crippen molar-refractivity contribution in [3.63, 3.8) is 0 Å². The van der Waals surface area contributed by atoms with E-state index in [0.29, 0.717) is 12.5 Å². The van der Waals surface area contributed by atoms with Crippen molar-refractivity contribution in [3.8, 4) is 0 Å². The van der Waals surface area contributed by atoms with Crippen LogP contribution in [0.4, 0.5) is 0 Å². The van der Waals surface area contributed by atoms with Crippen molar-refractivity contribution in [3.05, 3.63) is 0 Å². The lowest BCUT2D eigenvalue weighted by molar-refractivity contribution is -0.140. The third-order valence-electron chi connectivity index (χ3n) is 3.87. The zero-order chi connectivity index (χ0) is 12.4. The standard InChI is InChI=1S/C12H20N2O3/c1-8-4-5-13-11(8)12(17)14-6-2-3-9(14)7-10(15)16/h8-9,11,13H,2-7H2,1H3,(H,15,16). The molecule has 2 heterocycles. The molecule has 3 atom stereocenters. The van der Waals surface area contributed by atoms with Crippen molar-refractivity contribution in [1.82, 2.24) is 10.2 Å². The summed E-state index contributed by atoms with van der Waals surface area (Å²) in [4.78, 5) is 24.8. The van der Waals surface area contributed by atoms with Crippen molar-refractivity contribution in [2.75, 3.05) is 13.1 Å². The molecule has 0 saturated carbocycles. The molecule has 5 heteroatoms. The minimum absolute atomic E-state index is 0.0762. The Balaban J connectivity index is 2.00. The Morgan fingerprint density at radius 1 is 1.41 bits per heavy atom. The maximum Gasteiger partial charge on any atom is 0.305 e. The fourth-order valence-corrected chi connectivity index (χ4v) is 2.88. The lowest BCUT2D eigenvalue weighted by Crippen LogP contribution is -2.48. The first-order valence-electron chi connectivity index (χ1n) is 6.35. The minimum Gasteiger partial charge on any atom is -0.481 e. The highest BCUT2D eigenvalue weighted by Crippen LogP contribution is 2.24. The summed E-state index contributed by atoms with van der Waals surface area (Å²) in [5.41, 5.74) is 0. The number of carboxylic acid groups (broad SMARTS) is 1. The third kappa shape index (κ3) is 2.60. The van der Waals surface area contributed by atoms with Crippen LogP contribution in [0.1, 0.15) is 32.6 Å². The Kier molecular flexibility index (Phi) is 3.66. The Morgan fingerprint density at radius 2 is 2.18 bits per heavy atom. The molecular formula is C12H20N2O3. The van der Waals surface area contributed by atoms with E-state index in [1.54, 1.807) is 4.90 Å². The third-order valence-corrected chi connectivity index (χ3v) is 3.87. The van der Waals surface area contributed by atoms with E-state index in [1.807, 2.05) is 0 Å². The predicted octanol–water partition coefficient (Wildman–Crippen LogP) is 0.450. The van der Waals surface area contributed by atoms with Crippen molar-refractivity contribution < 1.29 is 14.7 Å². The molecule has 0 aliphatic carbocycles. The van der Waals surface area contributed by atoms with E-state index in [9.17, 15) is 9.59 Å². The second-order valence-electron chi connectivity index (χ2n) is 5.12. The quantitative estimate of drug-likeness (QED) is 0.751. The molecule has 0 aromatic carbocycles. The van der Waals surface area contributed by atoms with Gasteiger partial charge >= 0.3 is 5.97 Å². The molecule has 2 aliphatic heterocycles. The molecule has 17 heavy (non-hydrogen) atoms. The topological polar surface area (TPSA) is 69.6 Å². The number of rotatable bonds is 3. The monoisotopic (exact) mass is 240 g/mol. The Bertz CT molecular complexity index is 319. The van der Waals surface area contributed by atoms with Crippen LogP contribution in [-0.2, 0) is 9.59 Å². The second-order valence-corrected chi connectivity index (χ2v) is 5.12. The lowest BCUT2D eigenvalue weighted by atomic mass is 10.0. The molecule has 3 unspecified atom stereocenters. The van der Waals surface area contributed by atoms with E-state index in [-0.39, 0.29) is 24.4 Å². The predicted molar refractivity (Wildman–Crippen MR) is 62.6 cm³/mol. The molecule has 2 N–H and O–H groups in total. The largest absolute Gasteiger partial charge is 0.481 e. The van der Waals surface area contributed by atoms with Gasteiger partial charge in [-0.1, -0.05) is 6.92 Å². The summed E-state index contributed by atoms with van der Waals surface area (Å²) in [7, 11) is 0. The Hall–Kier alpha value is -1.10. The summed E-state index contributed by atoms with van der Waals surface area (Å²) in [6.07, 6.45) is 2.84. The molecule has 2 saturated heterocycles. The summed E-state index contributed by atoms with van der Waals surface area (Å²) in [6.45, 7) is 3.67. The van der Waals surface area contributed by atoms with Crippen molar-refractivity contribution in [1.29, 1.82) is 0 Å². The zero-order valence-corrected chi connectivity index (χ0v) is 10.2. The maximum absolute atomic E-state index is 12.3. The number of carbonyl (C=O) groups excluding carboxylic acids is 1. The van der Waals surface area contributed by atoms with Gasteiger partial charge in [0.2, 0.25) is 5.91 Å². The fraction of sp³-hybridized carbons (Fsp3) is 0.833. The summed E-state index contributed by atoms with van der Waals surface area (Å²) in [5.74, 6) is -0.366. The van der Waals surface area contributed by atoms with Gasteiger partial charge in [-0.25, -0.2) is 0 Å². The first-order valence-corrected chi connectivity index (χ1v) is 6.35. The number of likely N-dealkylation sites (tertiary alicyclic amines) is 1. The molecular weight excluding hydrogens is 220 g/mol. The summed E-state index contributed by atoms with van der Waals surface area (Å²) in [6, 6.07) is -0.209. The van der Waals surface area contributed by atoms with Crippen molar-refractivity contribution >= 4 is 11.9 Å².